The summed E-state index contributed by atoms with van der Waals surface area (Å²) >= 11 is 0. The van der Waals surface area contributed by atoms with E-state index in [4.69, 9.17) is 4.74 Å². The van der Waals surface area contributed by atoms with Crippen LogP contribution < -0.4 is 0 Å². The Labute approximate surface area is 145 Å². The molecule has 2 aliphatic heterocycles. The van der Waals surface area contributed by atoms with E-state index in [1.807, 2.05) is 18.9 Å². The van der Waals surface area contributed by atoms with Gasteiger partial charge in [0.2, 0.25) is 0 Å². The van der Waals surface area contributed by atoms with Gasteiger partial charge in [0.15, 0.2) is 0 Å². The molecular weight excluding hydrogens is 312 g/mol. The number of likely N-dealkylation sites (N-methyl/N-ethyl adjacent to an activating group) is 1. The number of benzene rings is 1. The van der Waals surface area contributed by atoms with Crippen LogP contribution in [0.15, 0.2) is 30.3 Å². The monoisotopic (exact) mass is 338 g/mol. The van der Waals surface area contributed by atoms with Crippen LogP contribution in [0.25, 0.3) is 0 Å². The smallest absolute Gasteiger partial charge is 0.251 e. The van der Waals surface area contributed by atoms with E-state index < -0.39 is 0 Å². The van der Waals surface area contributed by atoms with E-state index >= 15 is 0 Å². The Hall–Kier alpha value is -1.10. The number of likely N-dealkylation sites (tertiary alicyclic amines) is 1. The zero-order chi connectivity index (χ0) is 15.6. The van der Waals surface area contributed by atoms with Crippen LogP contribution in [-0.2, 0) is 16.0 Å². The molecule has 5 heteroatoms. The standard InChI is InChI=1S/C18H26N2O2.ClH/c1-15-17(21)19(2)14-18(22-15)9-12-20(13-10-18)11-8-16-6-4-3-5-7-16;/h3-7,15H,8-14H2,1-2H3;1H/t15-;/m1./s1. The average Bonchev–Trinajstić information content (AvgIpc) is 2.53. The Morgan fingerprint density at radius 1 is 1.22 bits per heavy atom. The molecule has 4 nitrogen and oxygen atoms in total. The van der Waals surface area contributed by atoms with Crippen LogP contribution in [0.5, 0.6) is 0 Å². The van der Waals surface area contributed by atoms with Gasteiger partial charge in [-0.2, -0.15) is 0 Å². The summed E-state index contributed by atoms with van der Waals surface area (Å²) in [5.74, 6) is 0.108. The molecule has 0 bridgehead atoms. The van der Waals surface area contributed by atoms with Crippen molar-refractivity contribution in [2.24, 2.45) is 0 Å². The van der Waals surface area contributed by atoms with Crippen molar-refractivity contribution >= 4 is 18.3 Å². The summed E-state index contributed by atoms with van der Waals surface area (Å²) in [7, 11) is 1.89. The van der Waals surface area contributed by atoms with Gasteiger partial charge in [-0.05, 0) is 31.7 Å². The molecule has 2 fully saturated rings. The molecule has 0 saturated carbocycles. The van der Waals surface area contributed by atoms with Crippen LogP contribution in [0.1, 0.15) is 25.3 Å². The number of carbonyl (C=O) groups excluding carboxylic acids is 1. The zero-order valence-electron chi connectivity index (χ0n) is 14.0. The molecule has 1 atom stereocenters. The summed E-state index contributed by atoms with van der Waals surface area (Å²) in [6, 6.07) is 10.7. The third-order valence-electron chi connectivity index (χ3n) is 5.00. The van der Waals surface area contributed by atoms with Gasteiger partial charge < -0.3 is 14.5 Å². The molecule has 1 aromatic carbocycles. The summed E-state index contributed by atoms with van der Waals surface area (Å²) in [5.41, 5.74) is 1.28. The first-order valence-electron chi connectivity index (χ1n) is 8.27. The van der Waals surface area contributed by atoms with Crippen molar-refractivity contribution < 1.29 is 9.53 Å². The number of morpholine rings is 1. The van der Waals surface area contributed by atoms with Crippen LogP contribution in [0, 0.1) is 0 Å². The summed E-state index contributed by atoms with van der Waals surface area (Å²) < 4.78 is 6.09. The minimum atomic E-state index is -0.297. The van der Waals surface area contributed by atoms with Gasteiger partial charge in [-0.25, -0.2) is 0 Å². The van der Waals surface area contributed by atoms with Crippen molar-refractivity contribution in [1.29, 1.82) is 0 Å². The molecule has 23 heavy (non-hydrogen) atoms. The third kappa shape index (κ3) is 4.25. The molecule has 2 saturated heterocycles. The fourth-order valence-electron chi connectivity index (χ4n) is 3.68. The van der Waals surface area contributed by atoms with Crippen LogP contribution in [0.4, 0.5) is 0 Å². The number of ether oxygens (including phenoxy) is 1. The van der Waals surface area contributed by atoms with Crippen molar-refractivity contribution in [2.45, 2.75) is 37.9 Å². The highest BCUT2D eigenvalue weighted by molar-refractivity contribution is 5.85. The molecule has 128 valence electrons. The Morgan fingerprint density at radius 3 is 2.48 bits per heavy atom. The molecule has 0 aliphatic carbocycles. The van der Waals surface area contributed by atoms with Crippen molar-refractivity contribution in [2.75, 3.05) is 33.2 Å². The molecule has 0 aromatic heterocycles. The molecule has 3 rings (SSSR count). The maximum absolute atomic E-state index is 11.9. The molecule has 0 N–H and O–H groups in total. The normalized spacial score (nSPS) is 24.5. The number of rotatable bonds is 3. The number of amides is 1. The third-order valence-corrected chi connectivity index (χ3v) is 5.00. The second kappa shape index (κ2) is 7.65. The number of hydrogen-bond donors (Lipinski definition) is 0. The maximum Gasteiger partial charge on any atom is 0.251 e. The van der Waals surface area contributed by atoms with Gasteiger partial charge >= 0.3 is 0 Å². The fraction of sp³-hybridized carbons (Fsp3) is 0.611. The number of hydrogen-bond acceptors (Lipinski definition) is 3. The highest BCUT2D eigenvalue weighted by Gasteiger charge is 2.43. The first-order valence-corrected chi connectivity index (χ1v) is 8.27. The summed E-state index contributed by atoms with van der Waals surface area (Å²) in [6.45, 7) is 5.83. The lowest BCUT2D eigenvalue weighted by Crippen LogP contribution is -2.60. The van der Waals surface area contributed by atoms with E-state index in [1.165, 1.54) is 5.56 Å². The average molecular weight is 339 g/mol. The lowest BCUT2D eigenvalue weighted by molar-refractivity contribution is -0.186. The SMILES string of the molecule is C[C@H]1OC2(CCN(CCc3ccccc3)CC2)CN(C)C1=O.Cl. The molecule has 0 radical (unpaired) electrons. The maximum atomic E-state index is 11.9. The Balaban J connectivity index is 0.00000192. The van der Waals surface area contributed by atoms with E-state index in [2.05, 4.69) is 35.2 Å². The summed E-state index contributed by atoms with van der Waals surface area (Å²) in [6.07, 6.45) is 2.84. The van der Waals surface area contributed by atoms with Crippen LogP contribution >= 0.6 is 12.4 Å². The number of piperidine rings is 1. The van der Waals surface area contributed by atoms with E-state index in [9.17, 15) is 4.79 Å². The topological polar surface area (TPSA) is 32.8 Å². The van der Waals surface area contributed by atoms with Crippen molar-refractivity contribution in [3.8, 4) is 0 Å². The fourth-order valence-corrected chi connectivity index (χ4v) is 3.68. The summed E-state index contributed by atoms with van der Waals surface area (Å²) in [4.78, 5) is 16.2. The molecule has 1 aromatic rings. The molecule has 1 spiro atoms. The van der Waals surface area contributed by atoms with E-state index in [0.29, 0.717) is 0 Å². The van der Waals surface area contributed by atoms with Gasteiger partial charge in [-0.1, -0.05) is 30.3 Å². The van der Waals surface area contributed by atoms with Gasteiger partial charge in [0.1, 0.15) is 6.10 Å². The van der Waals surface area contributed by atoms with Crippen LogP contribution in [0.2, 0.25) is 0 Å². The predicted octanol–water partition coefficient (Wildman–Crippen LogP) is 2.36. The quantitative estimate of drug-likeness (QED) is 0.848. The van der Waals surface area contributed by atoms with Gasteiger partial charge in [0.05, 0.1) is 5.60 Å². The molecule has 2 heterocycles. The van der Waals surface area contributed by atoms with Gasteiger partial charge in [0, 0.05) is 33.2 Å². The first kappa shape index (κ1) is 18.2. The largest absolute Gasteiger partial charge is 0.360 e. The van der Waals surface area contributed by atoms with Crippen LogP contribution in [0.3, 0.4) is 0 Å². The molecule has 1 amide bonds. The lowest BCUT2D eigenvalue weighted by atomic mass is 9.88. The number of nitrogens with zero attached hydrogens (tertiary/aromatic N) is 2. The van der Waals surface area contributed by atoms with E-state index in [-0.39, 0.29) is 30.0 Å². The molecule has 2 aliphatic rings. The lowest BCUT2D eigenvalue weighted by Gasteiger charge is -2.48. The molecular formula is C18H27ClN2O2. The number of carbonyl (C=O) groups is 1. The summed E-state index contributed by atoms with van der Waals surface area (Å²) in [5, 5.41) is 0. The van der Waals surface area contributed by atoms with Crippen molar-refractivity contribution in [3.05, 3.63) is 35.9 Å². The Bertz CT molecular complexity index is 499. The Morgan fingerprint density at radius 2 is 1.87 bits per heavy atom. The van der Waals surface area contributed by atoms with Crippen LogP contribution in [-0.4, -0.2) is 60.6 Å². The van der Waals surface area contributed by atoms with Gasteiger partial charge in [-0.3, -0.25) is 4.79 Å². The first-order chi connectivity index (χ1) is 10.6. The second-order valence-electron chi connectivity index (χ2n) is 6.71. The highest BCUT2D eigenvalue weighted by Crippen LogP contribution is 2.32. The minimum Gasteiger partial charge on any atom is -0.360 e. The molecule has 0 unspecified atom stereocenters. The van der Waals surface area contributed by atoms with Gasteiger partial charge in [-0.15, -0.1) is 12.4 Å². The minimum absolute atomic E-state index is 0. The van der Waals surface area contributed by atoms with Gasteiger partial charge in [0.25, 0.3) is 5.91 Å². The highest BCUT2D eigenvalue weighted by atomic mass is 35.5. The van der Waals surface area contributed by atoms with E-state index in [0.717, 1.165) is 45.4 Å². The number of halogens is 1. The predicted molar refractivity (Wildman–Crippen MR) is 94.0 cm³/mol. The Kier molecular flexibility index (Phi) is 6.06. The van der Waals surface area contributed by atoms with Crippen molar-refractivity contribution in [3.63, 3.8) is 0 Å². The zero-order valence-corrected chi connectivity index (χ0v) is 14.8. The van der Waals surface area contributed by atoms with E-state index in [1.54, 1.807) is 0 Å². The second-order valence-corrected chi connectivity index (χ2v) is 6.71. The van der Waals surface area contributed by atoms with Crippen molar-refractivity contribution in [1.82, 2.24) is 9.80 Å².